The number of nitrogens with zero attached hydrogens (tertiary/aromatic N) is 3. The predicted molar refractivity (Wildman–Crippen MR) is 101 cm³/mol. The summed E-state index contributed by atoms with van der Waals surface area (Å²) in [6.45, 7) is 1.90. The third-order valence-electron chi connectivity index (χ3n) is 4.38. The Balaban J connectivity index is 1.76. The lowest BCUT2D eigenvalue weighted by Crippen LogP contribution is -2.38. The van der Waals surface area contributed by atoms with E-state index >= 15 is 0 Å². The van der Waals surface area contributed by atoms with Crippen molar-refractivity contribution in [2.75, 3.05) is 23.9 Å². The van der Waals surface area contributed by atoms with Crippen molar-refractivity contribution in [2.24, 2.45) is 0 Å². The van der Waals surface area contributed by atoms with E-state index in [9.17, 15) is 13.2 Å². The van der Waals surface area contributed by atoms with E-state index < -0.39 is 9.84 Å². The minimum atomic E-state index is -3.06. The normalized spacial score (nSPS) is 18.5. The van der Waals surface area contributed by atoms with Crippen LogP contribution in [0.3, 0.4) is 0 Å². The van der Waals surface area contributed by atoms with Crippen LogP contribution in [0.1, 0.15) is 22.5 Å². The highest BCUT2D eigenvalue weighted by molar-refractivity contribution is 7.91. The molecule has 0 bridgehead atoms. The topological polar surface area (TPSA) is 92.3 Å². The number of amides is 1. The fourth-order valence-corrected chi connectivity index (χ4v) is 4.72. The van der Waals surface area contributed by atoms with E-state index in [0.717, 1.165) is 5.56 Å². The van der Waals surface area contributed by atoms with Crippen LogP contribution >= 0.6 is 11.6 Å². The van der Waals surface area contributed by atoms with Gasteiger partial charge in [-0.1, -0.05) is 17.7 Å². The molecule has 2 heterocycles. The smallest absolute Gasteiger partial charge is 0.272 e. The Hall–Kier alpha value is -2.19. The molecule has 0 saturated carbocycles. The summed E-state index contributed by atoms with van der Waals surface area (Å²) in [4.78, 5) is 22.4. The summed E-state index contributed by atoms with van der Waals surface area (Å²) >= 11 is 6.11. The average molecular weight is 395 g/mol. The van der Waals surface area contributed by atoms with Gasteiger partial charge in [0.15, 0.2) is 9.84 Å². The van der Waals surface area contributed by atoms with E-state index in [1.165, 1.54) is 17.2 Å². The molecule has 0 aliphatic carbocycles. The summed E-state index contributed by atoms with van der Waals surface area (Å²) in [5.74, 6) is 0.0376. The second kappa shape index (κ2) is 7.20. The number of sulfone groups is 1. The molecule has 0 spiro atoms. The molecule has 1 unspecified atom stereocenters. The molecule has 7 nitrogen and oxygen atoms in total. The second-order valence-corrected chi connectivity index (χ2v) is 8.96. The van der Waals surface area contributed by atoms with Crippen molar-refractivity contribution in [1.29, 1.82) is 0 Å². The van der Waals surface area contributed by atoms with Crippen LogP contribution in [0.25, 0.3) is 0 Å². The van der Waals surface area contributed by atoms with Crippen LogP contribution in [0.5, 0.6) is 0 Å². The van der Waals surface area contributed by atoms with Crippen LogP contribution < -0.4 is 5.32 Å². The summed E-state index contributed by atoms with van der Waals surface area (Å²) < 4.78 is 23.3. The number of hydrogen-bond acceptors (Lipinski definition) is 6. The first-order valence-corrected chi connectivity index (χ1v) is 10.3. The molecule has 1 N–H and O–H groups in total. The number of aryl methyl sites for hydroxylation is 1. The number of aromatic nitrogens is 2. The van der Waals surface area contributed by atoms with Gasteiger partial charge in [0.1, 0.15) is 5.69 Å². The highest BCUT2D eigenvalue weighted by Crippen LogP contribution is 2.22. The number of rotatable bonds is 4. The fraction of sp³-hybridized carbons (Fsp3) is 0.353. The van der Waals surface area contributed by atoms with Crippen LogP contribution in [-0.2, 0) is 9.84 Å². The van der Waals surface area contributed by atoms with E-state index in [2.05, 4.69) is 15.3 Å². The maximum Gasteiger partial charge on any atom is 0.272 e. The second-order valence-electron chi connectivity index (χ2n) is 6.33. The van der Waals surface area contributed by atoms with Crippen molar-refractivity contribution < 1.29 is 13.2 Å². The molecule has 26 heavy (non-hydrogen) atoms. The largest absolute Gasteiger partial charge is 0.336 e. The van der Waals surface area contributed by atoms with Gasteiger partial charge >= 0.3 is 0 Å². The van der Waals surface area contributed by atoms with Crippen LogP contribution in [0.15, 0.2) is 30.5 Å². The number of halogens is 1. The van der Waals surface area contributed by atoms with Gasteiger partial charge in [0.25, 0.3) is 5.91 Å². The molecule has 1 aliphatic heterocycles. The van der Waals surface area contributed by atoms with E-state index in [0.29, 0.717) is 17.1 Å². The number of nitrogens with one attached hydrogen (secondary N) is 1. The van der Waals surface area contributed by atoms with Crippen LogP contribution in [0.4, 0.5) is 11.6 Å². The zero-order valence-electron chi connectivity index (χ0n) is 14.4. The molecule has 1 atom stereocenters. The fourth-order valence-electron chi connectivity index (χ4n) is 2.77. The molecule has 1 aromatic heterocycles. The lowest BCUT2D eigenvalue weighted by Gasteiger charge is -2.23. The molecule has 138 valence electrons. The Bertz CT molecular complexity index is 949. The number of carbonyl (C=O) groups excluding carboxylic acids is 1. The van der Waals surface area contributed by atoms with Gasteiger partial charge in [0.2, 0.25) is 5.95 Å². The zero-order chi connectivity index (χ0) is 18.9. The molecule has 1 amide bonds. The Morgan fingerprint density at radius 2 is 2.12 bits per heavy atom. The van der Waals surface area contributed by atoms with Crippen molar-refractivity contribution in [3.63, 3.8) is 0 Å². The van der Waals surface area contributed by atoms with Crippen molar-refractivity contribution in [3.8, 4) is 0 Å². The third-order valence-corrected chi connectivity index (χ3v) is 6.54. The number of carbonyl (C=O) groups is 1. The molecule has 1 aromatic carbocycles. The molecule has 1 aliphatic rings. The molecule has 2 aromatic rings. The van der Waals surface area contributed by atoms with Gasteiger partial charge in [-0.2, -0.15) is 0 Å². The number of benzene rings is 1. The maximum atomic E-state index is 12.6. The van der Waals surface area contributed by atoms with Crippen LogP contribution in [0, 0.1) is 6.92 Å². The summed E-state index contributed by atoms with van der Waals surface area (Å²) in [6, 6.07) is 6.65. The van der Waals surface area contributed by atoms with Gasteiger partial charge < -0.3 is 10.2 Å². The number of anilines is 2. The third kappa shape index (κ3) is 4.13. The molecule has 9 heteroatoms. The van der Waals surface area contributed by atoms with E-state index in [-0.39, 0.29) is 35.1 Å². The zero-order valence-corrected chi connectivity index (χ0v) is 16.0. The van der Waals surface area contributed by atoms with Gasteiger partial charge in [-0.3, -0.25) is 4.79 Å². The molecule has 1 fully saturated rings. The first kappa shape index (κ1) is 18.6. The van der Waals surface area contributed by atoms with Crippen molar-refractivity contribution in [1.82, 2.24) is 14.9 Å². The van der Waals surface area contributed by atoms with E-state index in [4.69, 9.17) is 11.6 Å². The highest BCUT2D eigenvalue weighted by Gasteiger charge is 2.33. The molecular formula is C17H19ClN4O3S. The predicted octanol–water partition coefficient (Wildman–Crippen LogP) is 2.44. The maximum absolute atomic E-state index is 12.6. The number of hydrogen-bond donors (Lipinski definition) is 1. The first-order valence-electron chi connectivity index (χ1n) is 8.09. The highest BCUT2D eigenvalue weighted by atomic mass is 35.5. The Morgan fingerprint density at radius 1 is 1.35 bits per heavy atom. The van der Waals surface area contributed by atoms with Gasteiger partial charge in [0, 0.05) is 30.0 Å². The van der Waals surface area contributed by atoms with Crippen molar-refractivity contribution >= 4 is 39.0 Å². The summed E-state index contributed by atoms with van der Waals surface area (Å²) in [5, 5.41) is 3.63. The molecular weight excluding hydrogens is 376 g/mol. The minimum absolute atomic E-state index is 0.00665. The Kier molecular flexibility index (Phi) is 5.15. The van der Waals surface area contributed by atoms with Gasteiger partial charge in [-0.25, -0.2) is 18.4 Å². The lowest BCUT2D eigenvalue weighted by atomic mass is 10.2. The van der Waals surface area contributed by atoms with Crippen LogP contribution in [0.2, 0.25) is 5.02 Å². The SMILES string of the molecule is Cc1ccc(Nc2nccc(C(=O)N(C)C3CCS(=O)(=O)C3)n2)cc1Cl. The summed E-state index contributed by atoms with van der Waals surface area (Å²) in [5.41, 5.74) is 1.86. The van der Waals surface area contributed by atoms with Gasteiger partial charge in [-0.05, 0) is 37.1 Å². The van der Waals surface area contributed by atoms with E-state index in [1.807, 2.05) is 19.1 Å². The summed E-state index contributed by atoms with van der Waals surface area (Å²) in [6.07, 6.45) is 1.93. The molecule has 0 radical (unpaired) electrons. The Morgan fingerprint density at radius 3 is 2.77 bits per heavy atom. The van der Waals surface area contributed by atoms with Crippen LogP contribution in [-0.4, -0.2) is 53.8 Å². The van der Waals surface area contributed by atoms with Crippen molar-refractivity contribution in [2.45, 2.75) is 19.4 Å². The molecule has 3 rings (SSSR count). The van der Waals surface area contributed by atoms with Crippen molar-refractivity contribution in [3.05, 3.63) is 46.7 Å². The van der Waals surface area contributed by atoms with Gasteiger partial charge in [-0.15, -0.1) is 0 Å². The minimum Gasteiger partial charge on any atom is -0.336 e. The lowest BCUT2D eigenvalue weighted by molar-refractivity contribution is 0.0741. The first-order chi connectivity index (χ1) is 12.2. The summed E-state index contributed by atoms with van der Waals surface area (Å²) in [7, 11) is -1.46. The van der Waals surface area contributed by atoms with E-state index in [1.54, 1.807) is 13.1 Å². The standard InChI is InChI=1S/C17H19ClN4O3S/c1-11-3-4-12(9-14(11)18)20-17-19-7-5-15(21-17)16(23)22(2)13-6-8-26(24,25)10-13/h3-5,7,9,13H,6,8,10H2,1-2H3,(H,19,20,21). The quantitative estimate of drug-likeness (QED) is 0.856. The average Bonchev–Trinajstić information content (AvgIpc) is 2.97. The monoisotopic (exact) mass is 394 g/mol. The van der Waals surface area contributed by atoms with Gasteiger partial charge in [0.05, 0.1) is 11.5 Å². The Labute approximate surface area is 157 Å². The molecule has 1 saturated heterocycles.